The smallest absolute Gasteiger partial charge is 0.349 e. The fourth-order valence-corrected chi connectivity index (χ4v) is 5.70. The molecule has 0 radical (unpaired) electrons. The first-order valence-electron chi connectivity index (χ1n) is 14.0. The van der Waals surface area contributed by atoms with E-state index in [2.05, 4.69) is 15.6 Å². The summed E-state index contributed by atoms with van der Waals surface area (Å²) in [5.41, 5.74) is 7.15. The number of hydrogen-bond donors (Lipinski definition) is 3. The number of hydrogen-bond acceptors (Lipinski definition) is 7. The Labute approximate surface area is 237 Å². The summed E-state index contributed by atoms with van der Waals surface area (Å²) in [7, 11) is 1.93. The molecule has 0 spiro atoms. The van der Waals surface area contributed by atoms with Crippen LogP contribution in [0.4, 0.5) is 14.5 Å². The molecule has 0 unspecified atom stereocenters. The molecule has 1 amide bonds. The lowest BCUT2D eigenvalue weighted by Gasteiger charge is -2.30. The summed E-state index contributed by atoms with van der Waals surface area (Å²) in [5.74, 6) is -4.20. The van der Waals surface area contributed by atoms with E-state index in [9.17, 15) is 9.90 Å². The topological polar surface area (TPSA) is 86.3 Å². The largest absolute Gasteiger partial charge is 0.486 e. The number of carbonyl (C=O) groups excluding carboxylic acids is 1. The number of ether oxygens (including phenoxy) is 2. The first kappa shape index (κ1) is 27.4. The first-order valence-corrected chi connectivity index (χ1v) is 14.0. The summed E-state index contributed by atoms with van der Waals surface area (Å²) in [6.45, 7) is 3.37. The van der Waals surface area contributed by atoms with E-state index in [0.29, 0.717) is 30.3 Å². The zero-order chi connectivity index (χ0) is 28.6. The number of benzene rings is 3. The van der Waals surface area contributed by atoms with Gasteiger partial charge in [-0.15, -0.1) is 0 Å². The maximum Gasteiger partial charge on any atom is 0.349 e. The van der Waals surface area contributed by atoms with Crippen LogP contribution in [0.5, 0.6) is 11.5 Å². The van der Waals surface area contributed by atoms with Gasteiger partial charge in [0.25, 0.3) is 5.91 Å². The summed E-state index contributed by atoms with van der Waals surface area (Å²) in [5, 5.41) is 15.7. The monoisotopic (exact) mass is 564 g/mol. The molecule has 3 aliphatic rings. The zero-order valence-corrected chi connectivity index (χ0v) is 22.9. The van der Waals surface area contributed by atoms with Gasteiger partial charge in [-0.3, -0.25) is 4.79 Å². The third kappa shape index (κ3) is 5.59. The molecule has 0 bridgehead atoms. The molecule has 2 atom stereocenters. The maximum atomic E-state index is 15.5. The lowest BCUT2D eigenvalue weighted by molar-refractivity contribution is -0.149. The molecule has 3 aromatic rings. The Bertz CT molecular complexity index is 1410. The Morgan fingerprint density at radius 3 is 2.46 bits per heavy atom. The van der Waals surface area contributed by atoms with Crippen molar-refractivity contribution in [2.75, 3.05) is 44.9 Å². The summed E-state index contributed by atoms with van der Waals surface area (Å²) in [4.78, 5) is 15.2. The van der Waals surface area contributed by atoms with Crippen molar-refractivity contribution in [3.05, 3.63) is 77.4 Å². The third-order valence-corrected chi connectivity index (χ3v) is 8.08. The second-order valence-corrected chi connectivity index (χ2v) is 10.8. The second kappa shape index (κ2) is 11.3. The number of amides is 1. The SMILES string of the molecule is CN1NCc2ccc(-c3ccc(C(F)(F)C(=O)N[C@H](CN4CCCC4)[C@H](O)c4ccc5c(c4)OCCO5)cc3)cc21. The fraction of sp³-hybridized carbons (Fsp3) is 0.387. The van der Waals surface area contributed by atoms with Crippen molar-refractivity contribution in [1.29, 1.82) is 0 Å². The minimum Gasteiger partial charge on any atom is -0.486 e. The number of aliphatic hydroxyl groups excluding tert-OH is 1. The highest BCUT2D eigenvalue weighted by Crippen LogP contribution is 2.36. The van der Waals surface area contributed by atoms with Crippen LogP contribution in [0.25, 0.3) is 11.1 Å². The van der Waals surface area contributed by atoms with Gasteiger partial charge in [0.15, 0.2) is 11.5 Å². The van der Waals surface area contributed by atoms with E-state index in [-0.39, 0.29) is 6.54 Å². The van der Waals surface area contributed by atoms with Gasteiger partial charge in [-0.1, -0.05) is 42.5 Å². The highest BCUT2D eigenvalue weighted by molar-refractivity contribution is 5.85. The van der Waals surface area contributed by atoms with Crippen LogP contribution >= 0.6 is 0 Å². The number of aliphatic hydroxyl groups is 1. The van der Waals surface area contributed by atoms with Crippen LogP contribution in [0.2, 0.25) is 0 Å². The van der Waals surface area contributed by atoms with E-state index in [1.54, 1.807) is 30.3 Å². The molecule has 6 rings (SSSR count). The van der Waals surface area contributed by atoms with Crippen LogP contribution in [-0.2, 0) is 17.3 Å². The predicted octanol–water partition coefficient (Wildman–Crippen LogP) is 3.99. The van der Waals surface area contributed by atoms with Crippen molar-refractivity contribution >= 4 is 11.6 Å². The molecule has 216 valence electrons. The quantitative estimate of drug-likeness (QED) is 0.382. The van der Waals surface area contributed by atoms with Gasteiger partial charge in [0.2, 0.25) is 0 Å². The normalized spacial score (nSPS) is 18.2. The average molecular weight is 565 g/mol. The summed E-state index contributed by atoms with van der Waals surface area (Å²) in [6, 6.07) is 15.8. The molecule has 0 aromatic heterocycles. The molecule has 8 nitrogen and oxygen atoms in total. The van der Waals surface area contributed by atoms with E-state index in [1.165, 1.54) is 12.1 Å². The number of anilines is 1. The molecule has 3 heterocycles. The Balaban J connectivity index is 1.20. The highest BCUT2D eigenvalue weighted by atomic mass is 19.3. The number of nitrogens with zero attached hydrogens (tertiary/aromatic N) is 2. The number of hydrazine groups is 1. The molecule has 0 aliphatic carbocycles. The van der Waals surface area contributed by atoms with Crippen LogP contribution in [-0.4, -0.2) is 61.9 Å². The van der Waals surface area contributed by atoms with Gasteiger partial charge < -0.3 is 29.8 Å². The molecular formula is C31H34F2N4O4. The summed E-state index contributed by atoms with van der Waals surface area (Å²) in [6.07, 6.45) is 0.752. The van der Waals surface area contributed by atoms with Crippen molar-refractivity contribution in [3.63, 3.8) is 0 Å². The zero-order valence-electron chi connectivity index (χ0n) is 22.9. The van der Waals surface area contributed by atoms with E-state index in [1.807, 2.05) is 30.3 Å². The highest BCUT2D eigenvalue weighted by Gasteiger charge is 2.43. The number of alkyl halides is 2. The third-order valence-electron chi connectivity index (χ3n) is 8.08. The van der Waals surface area contributed by atoms with E-state index >= 15 is 8.78 Å². The van der Waals surface area contributed by atoms with Gasteiger partial charge in [0.05, 0.1) is 11.7 Å². The maximum absolute atomic E-state index is 15.5. The molecule has 10 heteroatoms. The Morgan fingerprint density at radius 1 is 1.00 bits per heavy atom. The van der Waals surface area contributed by atoms with Gasteiger partial charge >= 0.3 is 5.92 Å². The number of nitrogens with one attached hydrogen (secondary N) is 2. The Morgan fingerprint density at radius 2 is 1.71 bits per heavy atom. The van der Waals surface area contributed by atoms with Crippen molar-refractivity contribution in [2.45, 2.75) is 37.5 Å². The molecule has 3 N–H and O–H groups in total. The molecule has 3 aromatic carbocycles. The Hall–Kier alpha value is -3.73. The van der Waals surface area contributed by atoms with E-state index in [4.69, 9.17) is 9.47 Å². The number of likely N-dealkylation sites (tertiary alicyclic amines) is 1. The van der Waals surface area contributed by atoms with Crippen LogP contribution in [0.3, 0.4) is 0 Å². The van der Waals surface area contributed by atoms with Crippen molar-refractivity contribution in [2.24, 2.45) is 0 Å². The number of fused-ring (bicyclic) bond motifs is 2. The molecule has 1 saturated heterocycles. The van der Waals surface area contributed by atoms with Crippen LogP contribution in [0, 0.1) is 0 Å². The average Bonchev–Trinajstić information content (AvgIpc) is 3.65. The van der Waals surface area contributed by atoms with Crippen LogP contribution in [0.1, 0.15) is 35.6 Å². The molecule has 41 heavy (non-hydrogen) atoms. The van der Waals surface area contributed by atoms with Gasteiger partial charge in [-0.05, 0) is 66.4 Å². The molecule has 1 fully saturated rings. The van der Waals surface area contributed by atoms with E-state index < -0.39 is 29.5 Å². The number of carbonyl (C=O) groups is 1. The van der Waals surface area contributed by atoms with Crippen molar-refractivity contribution in [3.8, 4) is 22.6 Å². The van der Waals surface area contributed by atoms with Crippen molar-refractivity contribution in [1.82, 2.24) is 15.6 Å². The lowest BCUT2D eigenvalue weighted by Crippen LogP contribution is -2.50. The summed E-state index contributed by atoms with van der Waals surface area (Å²) >= 11 is 0. The predicted molar refractivity (Wildman–Crippen MR) is 151 cm³/mol. The minimum absolute atomic E-state index is 0.248. The standard InChI is InChI=1S/C31H34F2N4O4/c1-36-26-16-21(4-5-23(26)18-34-36)20-6-9-24(10-7-20)31(32,33)30(39)35-25(19-37-12-2-3-13-37)29(38)22-8-11-27-28(17-22)41-15-14-40-27/h4-11,16-17,25,29,34,38H,2-3,12-15,18-19H2,1H3,(H,35,39)/t25-,29-/m1/s1. The van der Waals surface area contributed by atoms with Crippen LogP contribution in [0.15, 0.2) is 60.7 Å². The first-order chi connectivity index (χ1) is 19.8. The van der Waals surface area contributed by atoms with Crippen LogP contribution < -0.4 is 25.2 Å². The van der Waals surface area contributed by atoms with Crippen molar-refractivity contribution < 1.29 is 28.2 Å². The second-order valence-electron chi connectivity index (χ2n) is 10.8. The fourth-order valence-electron chi connectivity index (χ4n) is 5.70. The molecule has 3 aliphatic heterocycles. The molecule has 0 saturated carbocycles. The van der Waals surface area contributed by atoms with E-state index in [0.717, 1.165) is 54.9 Å². The number of rotatable bonds is 8. The minimum atomic E-state index is -3.80. The molecular weight excluding hydrogens is 530 g/mol. The lowest BCUT2D eigenvalue weighted by atomic mass is 9.98. The van der Waals surface area contributed by atoms with Gasteiger partial charge in [-0.25, -0.2) is 5.43 Å². The summed E-state index contributed by atoms with van der Waals surface area (Å²) < 4.78 is 42.2. The Kier molecular flexibility index (Phi) is 7.54. The van der Waals surface area contributed by atoms with Gasteiger partial charge in [-0.2, -0.15) is 8.78 Å². The number of halogens is 2. The van der Waals surface area contributed by atoms with Gasteiger partial charge in [0.1, 0.15) is 19.3 Å². The van der Waals surface area contributed by atoms with Gasteiger partial charge in [0, 0.05) is 25.7 Å².